The summed E-state index contributed by atoms with van der Waals surface area (Å²) in [5.41, 5.74) is 1.98. The summed E-state index contributed by atoms with van der Waals surface area (Å²) < 4.78 is 0. The summed E-state index contributed by atoms with van der Waals surface area (Å²) >= 11 is 0. The van der Waals surface area contributed by atoms with Crippen LogP contribution in [0.1, 0.15) is 77.0 Å². The molecule has 0 aromatic heterocycles. The monoisotopic (exact) mass is 506 g/mol. The topological polar surface area (TPSA) is 95.0 Å². The van der Waals surface area contributed by atoms with E-state index in [9.17, 15) is 24.3 Å². The highest BCUT2D eigenvalue weighted by Gasteiger charge is 2.63. The maximum Gasteiger partial charge on any atom is 0.234 e. The van der Waals surface area contributed by atoms with Crippen molar-refractivity contribution in [3.8, 4) is 5.75 Å². The van der Waals surface area contributed by atoms with Gasteiger partial charge in [0.2, 0.25) is 23.6 Å². The quantitative estimate of drug-likeness (QED) is 0.454. The van der Waals surface area contributed by atoms with E-state index in [1.165, 1.54) is 9.80 Å². The number of benzene rings is 1. The molecule has 7 nitrogen and oxygen atoms in total. The Balaban J connectivity index is 1.68. The van der Waals surface area contributed by atoms with Gasteiger partial charge in [-0.15, -0.1) is 0 Å². The average Bonchev–Trinajstić information content (AvgIpc) is 3.19. The van der Waals surface area contributed by atoms with Gasteiger partial charge >= 0.3 is 0 Å². The van der Waals surface area contributed by atoms with Crippen LogP contribution in [0.3, 0.4) is 0 Å². The fourth-order valence-electron chi connectivity index (χ4n) is 7.45. The second kappa shape index (κ2) is 8.02. The van der Waals surface area contributed by atoms with Crippen LogP contribution in [0.2, 0.25) is 0 Å². The Bertz CT molecular complexity index is 1240. The molecule has 1 aromatic carbocycles. The van der Waals surface area contributed by atoms with Crippen molar-refractivity contribution >= 4 is 23.6 Å². The molecule has 1 N–H and O–H groups in total. The van der Waals surface area contributed by atoms with E-state index in [0.29, 0.717) is 24.0 Å². The van der Waals surface area contributed by atoms with Crippen molar-refractivity contribution in [1.29, 1.82) is 0 Å². The predicted octanol–water partition coefficient (Wildman–Crippen LogP) is 4.24. The molecule has 2 aliphatic carbocycles. The molecule has 0 bridgehead atoms. The number of allylic oxidation sites excluding steroid dienone is 2. The Morgan fingerprint density at radius 3 is 1.73 bits per heavy atom. The molecule has 37 heavy (non-hydrogen) atoms. The number of likely N-dealkylation sites (tertiary alicyclic amines) is 2. The van der Waals surface area contributed by atoms with Crippen LogP contribution in [0.5, 0.6) is 5.75 Å². The van der Waals surface area contributed by atoms with Gasteiger partial charge in [0.05, 0.1) is 23.7 Å². The molecular weight excluding hydrogens is 468 g/mol. The molecule has 1 saturated carbocycles. The highest BCUT2D eigenvalue weighted by atomic mass is 16.3. The van der Waals surface area contributed by atoms with Crippen molar-refractivity contribution in [3.63, 3.8) is 0 Å². The highest BCUT2D eigenvalue weighted by molar-refractivity contribution is 6.08. The molecule has 4 aliphatic rings. The van der Waals surface area contributed by atoms with E-state index < -0.39 is 40.7 Å². The molecule has 5 rings (SSSR count). The lowest BCUT2D eigenvalue weighted by Crippen LogP contribution is -2.47. The summed E-state index contributed by atoms with van der Waals surface area (Å²) in [5.74, 6) is -3.24. The van der Waals surface area contributed by atoms with Crippen LogP contribution >= 0.6 is 0 Å². The third-order valence-corrected chi connectivity index (χ3v) is 8.86. The molecule has 2 saturated heterocycles. The van der Waals surface area contributed by atoms with Gasteiger partial charge in [0.15, 0.2) is 0 Å². The SMILES string of the molecule is Cc1cc(C2C3=CCC4C(=O)N(C(C)(C)C)C(=O)C4C3CC3C(=O)N(C(C)(C)C)C(=O)C32)cc(C)c1O. The Morgan fingerprint density at radius 1 is 0.730 bits per heavy atom. The molecule has 0 radical (unpaired) electrons. The highest BCUT2D eigenvalue weighted by Crippen LogP contribution is 2.59. The molecule has 1 aromatic rings. The first-order valence-corrected chi connectivity index (χ1v) is 13.3. The number of phenolic OH excluding ortho intramolecular Hbond substituents is 1. The van der Waals surface area contributed by atoms with Crippen LogP contribution in [0.15, 0.2) is 23.8 Å². The zero-order chi connectivity index (χ0) is 27.4. The van der Waals surface area contributed by atoms with Gasteiger partial charge in [0.1, 0.15) is 5.75 Å². The first-order chi connectivity index (χ1) is 17.1. The number of carbonyl (C=O) groups is 4. The van der Waals surface area contributed by atoms with E-state index in [2.05, 4.69) is 6.08 Å². The molecule has 0 spiro atoms. The van der Waals surface area contributed by atoms with E-state index in [0.717, 1.165) is 11.1 Å². The third kappa shape index (κ3) is 3.60. The standard InChI is InChI=1S/C30H38N2O5/c1-14-11-16(12-15(2)24(14)33)21-17-9-10-18-22(27(36)31(25(18)34)29(3,4)5)19(17)13-20-23(21)28(37)32(26(20)35)30(6,7)8/h9,11-12,18-23,33H,10,13H2,1-8H3. The van der Waals surface area contributed by atoms with E-state index in [1.807, 2.05) is 67.5 Å². The summed E-state index contributed by atoms with van der Waals surface area (Å²) in [6.45, 7) is 14.9. The van der Waals surface area contributed by atoms with Gasteiger partial charge in [0.25, 0.3) is 0 Å². The third-order valence-electron chi connectivity index (χ3n) is 8.86. The fourth-order valence-corrected chi connectivity index (χ4v) is 7.45. The maximum atomic E-state index is 13.9. The van der Waals surface area contributed by atoms with Gasteiger partial charge < -0.3 is 5.11 Å². The number of aromatic hydroxyl groups is 1. The number of nitrogens with zero attached hydrogens (tertiary/aromatic N) is 2. The summed E-state index contributed by atoms with van der Waals surface area (Å²) in [4.78, 5) is 57.7. The number of imide groups is 2. The van der Waals surface area contributed by atoms with Crippen molar-refractivity contribution in [2.45, 2.75) is 85.2 Å². The molecule has 6 atom stereocenters. The predicted molar refractivity (Wildman–Crippen MR) is 138 cm³/mol. The zero-order valence-corrected chi connectivity index (χ0v) is 23.1. The van der Waals surface area contributed by atoms with Crippen LogP contribution in [0, 0.1) is 43.4 Å². The van der Waals surface area contributed by atoms with Gasteiger partial charge in [-0.2, -0.15) is 0 Å². The Labute approximate surface area is 218 Å². The van der Waals surface area contributed by atoms with Gasteiger partial charge in [-0.3, -0.25) is 29.0 Å². The summed E-state index contributed by atoms with van der Waals surface area (Å²) in [6.07, 6.45) is 2.90. The smallest absolute Gasteiger partial charge is 0.234 e. The normalized spacial score (nSPS) is 31.9. The lowest BCUT2D eigenvalue weighted by atomic mass is 9.57. The van der Waals surface area contributed by atoms with Crippen LogP contribution in [0.4, 0.5) is 0 Å². The molecule has 2 heterocycles. The zero-order valence-electron chi connectivity index (χ0n) is 23.1. The van der Waals surface area contributed by atoms with Gasteiger partial charge in [-0.1, -0.05) is 23.8 Å². The van der Waals surface area contributed by atoms with E-state index >= 15 is 0 Å². The van der Waals surface area contributed by atoms with Crippen molar-refractivity contribution < 1.29 is 24.3 Å². The second-order valence-electron chi connectivity index (χ2n) is 13.4. The molecule has 4 amide bonds. The minimum atomic E-state index is -0.666. The van der Waals surface area contributed by atoms with Crippen LogP contribution in [0.25, 0.3) is 0 Å². The number of hydrogen-bond acceptors (Lipinski definition) is 5. The van der Waals surface area contributed by atoms with Crippen LogP contribution < -0.4 is 0 Å². The molecule has 7 heteroatoms. The van der Waals surface area contributed by atoms with Crippen molar-refractivity contribution in [3.05, 3.63) is 40.5 Å². The number of fused-ring (bicyclic) bond motifs is 4. The average molecular weight is 507 g/mol. The van der Waals surface area contributed by atoms with Gasteiger partial charge in [-0.05, 0) is 90.8 Å². The van der Waals surface area contributed by atoms with Crippen molar-refractivity contribution in [2.75, 3.05) is 0 Å². The summed E-state index contributed by atoms with van der Waals surface area (Å²) in [6, 6.07) is 3.81. The number of phenols is 1. The van der Waals surface area contributed by atoms with E-state index in [1.54, 1.807) is 0 Å². The number of carbonyl (C=O) groups excluding carboxylic acids is 4. The van der Waals surface area contributed by atoms with Crippen molar-refractivity contribution in [2.24, 2.45) is 29.6 Å². The first-order valence-electron chi connectivity index (χ1n) is 13.3. The molecule has 6 unspecified atom stereocenters. The lowest BCUT2D eigenvalue weighted by Gasteiger charge is -2.44. The minimum Gasteiger partial charge on any atom is -0.507 e. The van der Waals surface area contributed by atoms with E-state index in [4.69, 9.17) is 0 Å². The number of hydrogen-bond donors (Lipinski definition) is 1. The summed E-state index contributed by atoms with van der Waals surface area (Å²) in [5, 5.41) is 10.5. The Kier molecular flexibility index (Phi) is 5.56. The van der Waals surface area contributed by atoms with E-state index in [-0.39, 0.29) is 35.3 Å². The Hall–Kier alpha value is -2.96. The fraction of sp³-hybridized carbons (Fsp3) is 0.600. The maximum absolute atomic E-state index is 13.9. The number of aryl methyl sites for hydroxylation is 2. The molecular formula is C30H38N2O5. The number of amides is 4. The molecule has 3 fully saturated rings. The van der Waals surface area contributed by atoms with Crippen LogP contribution in [-0.2, 0) is 19.2 Å². The van der Waals surface area contributed by atoms with Gasteiger partial charge in [0, 0.05) is 17.0 Å². The first kappa shape index (κ1) is 25.7. The second-order valence-corrected chi connectivity index (χ2v) is 13.4. The minimum absolute atomic E-state index is 0.141. The van der Waals surface area contributed by atoms with Crippen molar-refractivity contribution in [1.82, 2.24) is 9.80 Å². The molecule has 198 valence electrons. The largest absolute Gasteiger partial charge is 0.507 e. The lowest BCUT2D eigenvalue weighted by molar-refractivity contribution is -0.147. The van der Waals surface area contributed by atoms with Crippen LogP contribution in [-0.4, -0.2) is 49.6 Å². The van der Waals surface area contributed by atoms with Gasteiger partial charge in [-0.25, -0.2) is 0 Å². The Morgan fingerprint density at radius 2 is 1.22 bits per heavy atom. The number of rotatable bonds is 1. The molecule has 2 aliphatic heterocycles. The summed E-state index contributed by atoms with van der Waals surface area (Å²) in [7, 11) is 0.